The molecule has 0 radical (unpaired) electrons. The molecule has 4 aromatic heterocycles. The second kappa shape index (κ2) is 9.87. The van der Waals surface area contributed by atoms with Gasteiger partial charge < -0.3 is 13.4 Å². The van der Waals surface area contributed by atoms with E-state index in [1.54, 1.807) is 0 Å². The van der Waals surface area contributed by atoms with Crippen LogP contribution >= 0.6 is 0 Å². The van der Waals surface area contributed by atoms with Crippen LogP contribution in [-0.4, -0.2) is 8.97 Å². The van der Waals surface area contributed by atoms with Crippen LogP contribution in [0.3, 0.4) is 0 Å². The fraction of sp³-hybridized carbons (Fsp3) is 0. The zero-order valence-electron chi connectivity index (χ0n) is 27.5. The molecule has 4 heterocycles. The number of hydrogen-bond donors (Lipinski definition) is 0. The molecule has 0 N–H and O–H groups in total. The zero-order chi connectivity index (χ0) is 33.2. The second-order valence-electron chi connectivity index (χ2n) is 13.6. The van der Waals surface area contributed by atoms with Crippen molar-refractivity contribution in [3.63, 3.8) is 0 Å². The van der Waals surface area contributed by atoms with E-state index in [1.165, 1.54) is 76.6 Å². The van der Waals surface area contributed by atoms with Crippen LogP contribution in [0.4, 0.5) is 0 Å². The molecule has 12 rings (SSSR count). The summed E-state index contributed by atoms with van der Waals surface area (Å²) in [5.41, 5.74) is 13.8. The SMILES string of the molecule is c1ccc(-c2ccc3c4ccccc4n4c5ccccc5c5ccc6c(c3c2n6-c2cccc(-c3cccc6oc7ccccc7c36)c2)c54)cc1. The Morgan fingerprint density at radius 2 is 1.02 bits per heavy atom. The minimum atomic E-state index is 0.906. The Labute approximate surface area is 292 Å². The van der Waals surface area contributed by atoms with E-state index in [9.17, 15) is 0 Å². The summed E-state index contributed by atoms with van der Waals surface area (Å²) in [7, 11) is 0. The Balaban J connectivity index is 1.28. The van der Waals surface area contributed by atoms with Gasteiger partial charge in [-0.1, -0.05) is 127 Å². The molecular formula is C48H28N2O. The Hall–Kier alpha value is -6.84. The van der Waals surface area contributed by atoms with Gasteiger partial charge in [0.1, 0.15) is 11.2 Å². The van der Waals surface area contributed by atoms with Gasteiger partial charge in [0.2, 0.25) is 0 Å². The largest absolute Gasteiger partial charge is 0.456 e. The molecule has 0 aliphatic rings. The van der Waals surface area contributed by atoms with Crippen LogP contribution in [0.15, 0.2) is 174 Å². The lowest BCUT2D eigenvalue weighted by atomic mass is 9.97. The molecule has 0 bridgehead atoms. The Kier molecular flexibility index (Phi) is 5.23. The fourth-order valence-corrected chi connectivity index (χ4v) is 8.99. The van der Waals surface area contributed by atoms with E-state index in [4.69, 9.17) is 4.42 Å². The van der Waals surface area contributed by atoms with Gasteiger partial charge in [0.05, 0.1) is 27.6 Å². The molecule has 51 heavy (non-hydrogen) atoms. The van der Waals surface area contributed by atoms with E-state index in [2.05, 4.69) is 173 Å². The van der Waals surface area contributed by atoms with Crippen molar-refractivity contribution < 1.29 is 4.42 Å². The lowest BCUT2D eigenvalue weighted by Gasteiger charge is -2.14. The van der Waals surface area contributed by atoms with Gasteiger partial charge in [-0.05, 0) is 64.5 Å². The first-order chi connectivity index (χ1) is 25.3. The summed E-state index contributed by atoms with van der Waals surface area (Å²) in [6, 6.07) is 61.8. The summed E-state index contributed by atoms with van der Waals surface area (Å²) in [6.07, 6.45) is 0. The summed E-state index contributed by atoms with van der Waals surface area (Å²) in [5, 5.41) is 9.92. The average molecular weight is 649 g/mol. The number of furan rings is 1. The lowest BCUT2D eigenvalue weighted by Crippen LogP contribution is -1.97. The molecule has 236 valence electrons. The quantitative estimate of drug-likeness (QED) is 0.187. The van der Waals surface area contributed by atoms with Gasteiger partial charge in [-0.2, -0.15) is 0 Å². The maximum atomic E-state index is 6.31. The number of benzene rings is 8. The zero-order valence-corrected chi connectivity index (χ0v) is 27.5. The first kappa shape index (κ1) is 27.0. The summed E-state index contributed by atoms with van der Waals surface area (Å²) < 4.78 is 11.3. The van der Waals surface area contributed by atoms with Crippen LogP contribution in [0.5, 0.6) is 0 Å². The van der Waals surface area contributed by atoms with Crippen molar-refractivity contribution in [2.45, 2.75) is 0 Å². The van der Waals surface area contributed by atoms with Crippen LogP contribution in [0, 0.1) is 0 Å². The van der Waals surface area contributed by atoms with Gasteiger partial charge in [0, 0.05) is 49.0 Å². The van der Waals surface area contributed by atoms with Crippen molar-refractivity contribution in [3.8, 4) is 27.9 Å². The predicted molar refractivity (Wildman–Crippen MR) is 214 cm³/mol. The van der Waals surface area contributed by atoms with Crippen molar-refractivity contribution >= 4 is 81.8 Å². The van der Waals surface area contributed by atoms with Crippen LogP contribution < -0.4 is 0 Å². The van der Waals surface area contributed by atoms with Crippen molar-refractivity contribution in [1.29, 1.82) is 0 Å². The molecule has 0 aliphatic heterocycles. The molecule has 0 spiro atoms. The maximum absolute atomic E-state index is 6.31. The standard InChI is InChI=1S/C48H28N2O/c1-2-12-29(13-3-1)33-24-25-36-34-16-4-7-20-39(34)50-40-21-8-5-17-35(40)37-26-27-41-46(48(37)50)45(36)47(33)49(41)31-15-10-14-30(28-31)32-19-11-23-43-44(32)38-18-6-9-22-42(38)51-43/h1-28H. The van der Waals surface area contributed by atoms with Crippen molar-refractivity contribution in [3.05, 3.63) is 170 Å². The molecule has 0 aliphatic carbocycles. The number of aromatic nitrogens is 2. The molecule has 3 heteroatoms. The summed E-state index contributed by atoms with van der Waals surface area (Å²) in [4.78, 5) is 0. The molecule has 0 unspecified atom stereocenters. The first-order valence-corrected chi connectivity index (χ1v) is 17.5. The highest BCUT2D eigenvalue weighted by Crippen LogP contribution is 2.48. The molecule has 0 atom stereocenters. The van der Waals surface area contributed by atoms with Crippen LogP contribution in [0.2, 0.25) is 0 Å². The lowest BCUT2D eigenvalue weighted by molar-refractivity contribution is 0.669. The van der Waals surface area contributed by atoms with E-state index < -0.39 is 0 Å². The predicted octanol–water partition coefficient (Wildman–Crippen LogP) is 13.2. The molecule has 8 aromatic carbocycles. The van der Waals surface area contributed by atoms with Crippen LogP contribution in [-0.2, 0) is 0 Å². The summed E-state index contributed by atoms with van der Waals surface area (Å²) >= 11 is 0. The van der Waals surface area contributed by atoms with Gasteiger partial charge in [0.25, 0.3) is 0 Å². The Morgan fingerprint density at radius 3 is 1.86 bits per heavy atom. The maximum Gasteiger partial charge on any atom is 0.136 e. The average Bonchev–Trinajstić information content (AvgIpc) is 3.83. The highest BCUT2D eigenvalue weighted by molar-refractivity contribution is 6.34. The highest BCUT2D eigenvalue weighted by atomic mass is 16.3. The number of rotatable bonds is 3. The van der Waals surface area contributed by atoms with Gasteiger partial charge in [-0.15, -0.1) is 0 Å². The van der Waals surface area contributed by atoms with Crippen LogP contribution in [0.1, 0.15) is 0 Å². The second-order valence-corrected chi connectivity index (χ2v) is 13.6. The van der Waals surface area contributed by atoms with E-state index in [0.717, 1.165) is 33.2 Å². The van der Waals surface area contributed by atoms with Gasteiger partial charge in [-0.25, -0.2) is 0 Å². The number of hydrogen-bond acceptors (Lipinski definition) is 1. The first-order valence-electron chi connectivity index (χ1n) is 17.5. The minimum Gasteiger partial charge on any atom is -0.456 e. The van der Waals surface area contributed by atoms with Gasteiger partial charge in [0.15, 0.2) is 0 Å². The van der Waals surface area contributed by atoms with Crippen molar-refractivity contribution in [2.75, 3.05) is 0 Å². The molecular weight excluding hydrogens is 621 g/mol. The normalized spacial score (nSPS) is 12.3. The number of fused-ring (bicyclic) bond motifs is 9. The van der Waals surface area contributed by atoms with Crippen molar-refractivity contribution in [2.24, 2.45) is 0 Å². The Bertz CT molecular complexity index is 3360. The topological polar surface area (TPSA) is 22.5 Å². The summed E-state index contributed by atoms with van der Waals surface area (Å²) in [6.45, 7) is 0. The van der Waals surface area contributed by atoms with E-state index >= 15 is 0 Å². The third-order valence-corrected chi connectivity index (χ3v) is 11.0. The van der Waals surface area contributed by atoms with Gasteiger partial charge in [-0.3, -0.25) is 0 Å². The van der Waals surface area contributed by atoms with E-state index in [-0.39, 0.29) is 0 Å². The highest BCUT2D eigenvalue weighted by Gasteiger charge is 2.25. The smallest absolute Gasteiger partial charge is 0.136 e. The monoisotopic (exact) mass is 648 g/mol. The van der Waals surface area contributed by atoms with E-state index in [0.29, 0.717) is 0 Å². The number of para-hydroxylation sites is 3. The molecule has 3 nitrogen and oxygen atoms in total. The van der Waals surface area contributed by atoms with Gasteiger partial charge >= 0.3 is 0 Å². The molecule has 0 saturated carbocycles. The summed E-state index contributed by atoms with van der Waals surface area (Å²) in [5.74, 6) is 0. The molecule has 0 amide bonds. The van der Waals surface area contributed by atoms with Crippen LogP contribution in [0.25, 0.3) is 110 Å². The Morgan fingerprint density at radius 1 is 0.353 bits per heavy atom. The minimum absolute atomic E-state index is 0.906. The molecule has 0 fully saturated rings. The third kappa shape index (κ3) is 3.52. The van der Waals surface area contributed by atoms with E-state index in [1.807, 2.05) is 6.07 Å². The molecule has 12 aromatic rings. The van der Waals surface area contributed by atoms with Crippen molar-refractivity contribution in [1.82, 2.24) is 8.97 Å². The number of nitrogens with zero attached hydrogens (tertiary/aromatic N) is 2. The fourth-order valence-electron chi connectivity index (χ4n) is 8.99. The molecule has 0 saturated heterocycles. The third-order valence-electron chi connectivity index (χ3n) is 11.0.